The van der Waals surface area contributed by atoms with Crippen molar-refractivity contribution in [3.05, 3.63) is 52.2 Å². The molecule has 2 amide bonds. The number of carbonyl (C=O) groups excluding carboxylic acids is 1. The predicted octanol–water partition coefficient (Wildman–Crippen LogP) is 1.95. The monoisotopic (exact) mass is 343 g/mol. The third kappa shape index (κ3) is 2.33. The lowest BCUT2D eigenvalue weighted by molar-refractivity contribution is 0.252. The number of nitrogens with zero attached hydrogens (tertiary/aromatic N) is 2. The van der Waals surface area contributed by atoms with Crippen LogP contribution in [0.1, 0.15) is 11.3 Å². The molecule has 0 unspecified atom stereocenters. The van der Waals surface area contributed by atoms with Gasteiger partial charge in [-0.2, -0.15) is 0 Å². The maximum absolute atomic E-state index is 12.1. The van der Waals surface area contributed by atoms with Crippen molar-refractivity contribution in [1.29, 1.82) is 0 Å². The Hall–Kier alpha value is -2.80. The molecule has 0 saturated heterocycles. The van der Waals surface area contributed by atoms with Crippen molar-refractivity contribution < 1.29 is 4.79 Å². The summed E-state index contributed by atoms with van der Waals surface area (Å²) in [5.74, 6) is 0.362. The standard InChI is InChI=1S/C16H14ClN5O2/c17-3-4-19-16(24)20-10-1-2-11-9(7-10)8-12-13(11)21-15(23)14-18-5-6-22(12)14/h1-2,5-7H,3-4,8H2,(H,21,23)(H2,19,20,24). The summed E-state index contributed by atoms with van der Waals surface area (Å²) in [6.07, 6.45) is 4.06. The van der Waals surface area contributed by atoms with E-state index in [1.165, 1.54) is 0 Å². The van der Waals surface area contributed by atoms with Gasteiger partial charge in [-0.3, -0.25) is 9.20 Å². The molecular formula is C16H14ClN5O2. The predicted molar refractivity (Wildman–Crippen MR) is 91.8 cm³/mol. The number of benzene rings is 1. The zero-order chi connectivity index (χ0) is 16.7. The van der Waals surface area contributed by atoms with E-state index in [1.807, 2.05) is 22.6 Å². The molecule has 122 valence electrons. The van der Waals surface area contributed by atoms with Gasteiger partial charge in [0.05, 0.1) is 11.4 Å². The highest BCUT2D eigenvalue weighted by Crippen LogP contribution is 2.35. The van der Waals surface area contributed by atoms with Gasteiger partial charge >= 0.3 is 6.03 Å². The number of amides is 2. The van der Waals surface area contributed by atoms with Gasteiger partial charge in [0.2, 0.25) is 5.65 Å². The highest BCUT2D eigenvalue weighted by atomic mass is 35.5. The van der Waals surface area contributed by atoms with E-state index >= 15 is 0 Å². The largest absolute Gasteiger partial charge is 0.337 e. The molecule has 0 spiro atoms. The van der Waals surface area contributed by atoms with Gasteiger partial charge in [0.1, 0.15) is 0 Å². The van der Waals surface area contributed by atoms with Crippen molar-refractivity contribution in [2.75, 3.05) is 17.7 Å². The second-order valence-electron chi connectivity index (χ2n) is 5.52. The van der Waals surface area contributed by atoms with Crippen LogP contribution in [0.2, 0.25) is 0 Å². The number of hydrogen-bond donors (Lipinski definition) is 3. The van der Waals surface area contributed by atoms with Gasteiger partial charge in [-0.25, -0.2) is 9.78 Å². The average molecular weight is 344 g/mol. The van der Waals surface area contributed by atoms with Crippen LogP contribution in [0.5, 0.6) is 0 Å². The van der Waals surface area contributed by atoms with E-state index in [-0.39, 0.29) is 11.6 Å². The summed E-state index contributed by atoms with van der Waals surface area (Å²) in [4.78, 5) is 30.8. The molecule has 0 fully saturated rings. The second-order valence-corrected chi connectivity index (χ2v) is 5.89. The third-order valence-electron chi connectivity index (χ3n) is 4.03. The smallest absolute Gasteiger partial charge is 0.319 e. The molecule has 0 bridgehead atoms. The molecule has 0 radical (unpaired) electrons. The molecule has 4 rings (SSSR count). The van der Waals surface area contributed by atoms with E-state index in [1.54, 1.807) is 12.4 Å². The number of fused-ring (bicyclic) bond motifs is 5. The Bertz CT molecular complexity index is 1010. The first kappa shape index (κ1) is 14.8. The zero-order valence-electron chi connectivity index (χ0n) is 12.6. The Morgan fingerprint density at radius 2 is 2.29 bits per heavy atom. The Balaban J connectivity index is 1.69. The minimum Gasteiger partial charge on any atom is -0.337 e. The summed E-state index contributed by atoms with van der Waals surface area (Å²) in [5, 5.41) is 5.43. The van der Waals surface area contributed by atoms with Crippen molar-refractivity contribution in [1.82, 2.24) is 19.7 Å². The van der Waals surface area contributed by atoms with Gasteiger partial charge < -0.3 is 15.6 Å². The van der Waals surface area contributed by atoms with E-state index in [9.17, 15) is 9.59 Å². The number of halogens is 1. The molecule has 2 heterocycles. The Morgan fingerprint density at radius 3 is 3.12 bits per heavy atom. The van der Waals surface area contributed by atoms with Gasteiger partial charge in [-0.15, -0.1) is 11.6 Å². The Morgan fingerprint density at radius 1 is 1.42 bits per heavy atom. The summed E-state index contributed by atoms with van der Waals surface area (Å²) in [6, 6.07) is 5.33. The van der Waals surface area contributed by atoms with E-state index in [0.29, 0.717) is 30.2 Å². The molecule has 0 atom stereocenters. The molecule has 1 aromatic carbocycles. The van der Waals surface area contributed by atoms with Crippen molar-refractivity contribution in [2.24, 2.45) is 0 Å². The van der Waals surface area contributed by atoms with Crippen LogP contribution in [0.4, 0.5) is 10.5 Å². The van der Waals surface area contributed by atoms with Gasteiger partial charge in [0.25, 0.3) is 5.56 Å². The Kier molecular flexibility index (Phi) is 3.50. The lowest BCUT2D eigenvalue weighted by Crippen LogP contribution is -2.30. The first-order valence-electron chi connectivity index (χ1n) is 7.49. The van der Waals surface area contributed by atoms with E-state index in [4.69, 9.17) is 11.6 Å². The average Bonchev–Trinajstić information content (AvgIpc) is 3.17. The lowest BCUT2D eigenvalue weighted by atomic mass is 10.1. The SMILES string of the molecule is O=C(NCCCl)Nc1ccc2c(c1)Cc1c-2[nH]c(=O)c2nccn12. The third-order valence-corrected chi connectivity index (χ3v) is 4.22. The summed E-state index contributed by atoms with van der Waals surface area (Å²) in [6.45, 7) is 0.406. The number of nitrogens with one attached hydrogen (secondary N) is 3. The lowest BCUT2D eigenvalue weighted by Gasteiger charge is -2.08. The number of anilines is 1. The van der Waals surface area contributed by atoms with Crippen molar-refractivity contribution in [3.63, 3.8) is 0 Å². The number of imidazole rings is 1. The van der Waals surface area contributed by atoms with Gasteiger partial charge in [-0.1, -0.05) is 6.07 Å². The number of aromatic nitrogens is 3. The number of hydrogen-bond acceptors (Lipinski definition) is 3. The number of carbonyl (C=O) groups is 1. The first-order valence-corrected chi connectivity index (χ1v) is 8.03. The van der Waals surface area contributed by atoms with Crippen LogP contribution >= 0.6 is 11.6 Å². The molecule has 0 aliphatic heterocycles. The van der Waals surface area contributed by atoms with Gasteiger partial charge in [0.15, 0.2) is 0 Å². The fraction of sp³-hybridized carbons (Fsp3) is 0.188. The highest BCUT2D eigenvalue weighted by Gasteiger charge is 2.23. The molecule has 3 aromatic rings. The molecule has 0 saturated carbocycles. The topological polar surface area (TPSA) is 91.3 Å². The number of alkyl halides is 1. The van der Waals surface area contributed by atoms with Crippen molar-refractivity contribution in [3.8, 4) is 11.3 Å². The van der Waals surface area contributed by atoms with Crippen LogP contribution in [0, 0.1) is 0 Å². The van der Waals surface area contributed by atoms with Crippen LogP contribution in [0.25, 0.3) is 16.9 Å². The van der Waals surface area contributed by atoms with Crippen LogP contribution in [0.15, 0.2) is 35.4 Å². The number of rotatable bonds is 3. The second kappa shape index (κ2) is 5.68. The maximum atomic E-state index is 12.1. The van der Waals surface area contributed by atoms with Gasteiger partial charge in [0, 0.05) is 42.5 Å². The summed E-state index contributed by atoms with van der Waals surface area (Å²) < 4.78 is 1.81. The van der Waals surface area contributed by atoms with E-state index in [0.717, 1.165) is 22.5 Å². The number of aromatic amines is 1. The molecule has 7 nitrogen and oxygen atoms in total. The van der Waals surface area contributed by atoms with E-state index < -0.39 is 0 Å². The molecule has 1 aliphatic carbocycles. The molecule has 24 heavy (non-hydrogen) atoms. The normalized spacial score (nSPS) is 12.0. The number of H-pyrrole nitrogens is 1. The molecule has 8 heteroatoms. The van der Waals surface area contributed by atoms with E-state index in [2.05, 4.69) is 20.6 Å². The van der Waals surface area contributed by atoms with Crippen LogP contribution < -0.4 is 16.2 Å². The molecule has 2 aromatic heterocycles. The summed E-state index contributed by atoms with van der Waals surface area (Å²) >= 11 is 5.55. The fourth-order valence-corrected chi connectivity index (χ4v) is 3.12. The van der Waals surface area contributed by atoms with Gasteiger partial charge in [-0.05, 0) is 17.7 Å². The summed E-state index contributed by atoms with van der Waals surface area (Å²) in [5.41, 5.74) is 4.66. The molecular weight excluding hydrogens is 330 g/mol. The van der Waals surface area contributed by atoms with Crippen LogP contribution in [-0.4, -0.2) is 32.8 Å². The quantitative estimate of drug-likeness (QED) is 0.496. The molecule has 1 aliphatic rings. The van der Waals surface area contributed by atoms with Crippen molar-refractivity contribution >= 4 is 29.0 Å². The zero-order valence-corrected chi connectivity index (χ0v) is 13.4. The molecule has 3 N–H and O–H groups in total. The van der Waals surface area contributed by atoms with Crippen LogP contribution in [0.3, 0.4) is 0 Å². The summed E-state index contributed by atoms with van der Waals surface area (Å²) in [7, 11) is 0. The van der Waals surface area contributed by atoms with Crippen molar-refractivity contribution in [2.45, 2.75) is 6.42 Å². The Labute approximate surface area is 141 Å². The first-order chi connectivity index (χ1) is 11.7. The fourth-order valence-electron chi connectivity index (χ4n) is 3.03. The minimum absolute atomic E-state index is 0.214. The van der Waals surface area contributed by atoms with Crippen LogP contribution in [-0.2, 0) is 6.42 Å². The minimum atomic E-state index is -0.295. The number of urea groups is 1. The highest BCUT2D eigenvalue weighted by molar-refractivity contribution is 6.18. The maximum Gasteiger partial charge on any atom is 0.319 e.